The monoisotopic (exact) mass is 336 g/mol. The molecule has 0 radical (unpaired) electrons. The first-order valence-corrected chi connectivity index (χ1v) is 6.95. The molecule has 6 heteroatoms. The predicted octanol–water partition coefficient (Wildman–Crippen LogP) is 3.64. The highest BCUT2D eigenvalue weighted by Gasteiger charge is 2.36. The van der Waals surface area contributed by atoms with E-state index in [1.54, 1.807) is 4.90 Å². The van der Waals surface area contributed by atoms with Gasteiger partial charge in [0.25, 0.3) is 0 Å². The molecule has 0 spiro atoms. The van der Waals surface area contributed by atoms with Crippen LogP contribution in [-0.2, 0) is 6.18 Å². The Kier molecular flexibility index (Phi) is 4.11. The van der Waals surface area contributed by atoms with Crippen LogP contribution in [0.2, 0.25) is 0 Å². The molecule has 2 rings (SSSR count). The van der Waals surface area contributed by atoms with Crippen LogP contribution in [0.5, 0.6) is 0 Å². The van der Waals surface area contributed by atoms with Crippen LogP contribution in [0, 0.1) is 5.92 Å². The first-order valence-electron chi connectivity index (χ1n) is 6.16. The fourth-order valence-corrected chi connectivity index (χ4v) is 2.74. The van der Waals surface area contributed by atoms with Crippen LogP contribution in [-0.4, -0.2) is 19.1 Å². The average Bonchev–Trinajstić information content (AvgIpc) is 2.31. The van der Waals surface area contributed by atoms with Crippen molar-refractivity contribution in [3.8, 4) is 0 Å². The Morgan fingerprint density at radius 1 is 1.37 bits per heavy atom. The number of benzene rings is 1. The molecule has 2 N–H and O–H groups in total. The van der Waals surface area contributed by atoms with Crippen molar-refractivity contribution in [1.82, 2.24) is 0 Å². The summed E-state index contributed by atoms with van der Waals surface area (Å²) in [6.45, 7) is 3.09. The topological polar surface area (TPSA) is 29.3 Å². The summed E-state index contributed by atoms with van der Waals surface area (Å²) in [6, 6.07) is 4.15. The van der Waals surface area contributed by atoms with E-state index in [-0.39, 0.29) is 17.6 Å². The minimum atomic E-state index is -4.33. The van der Waals surface area contributed by atoms with E-state index in [4.69, 9.17) is 5.73 Å². The fraction of sp³-hybridized carbons (Fsp3) is 0.538. The van der Waals surface area contributed by atoms with Crippen molar-refractivity contribution in [2.24, 2.45) is 11.7 Å². The van der Waals surface area contributed by atoms with E-state index in [1.165, 1.54) is 12.1 Å². The quantitative estimate of drug-likeness (QED) is 0.848. The van der Waals surface area contributed by atoms with Gasteiger partial charge in [-0.15, -0.1) is 0 Å². The summed E-state index contributed by atoms with van der Waals surface area (Å²) in [7, 11) is 0. The molecular weight excluding hydrogens is 321 g/mol. The van der Waals surface area contributed by atoms with Gasteiger partial charge in [-0.25, -0.2) is 0 Å². The van der Waals surface area contributed by atoms with Crippen molar-refractivity contribution in [2.75, 3.05) is 18.0 Å². The van der Waals surface area contributed by atoms with E-state index in [1.807, 2.05) is 6.92 Å². The number of anilines is 1. The van der Waals surface area contributed by atoms with Gasteiger partial charge in [-0.1, -0.05) is 22.9 Å². The lowest BCUT2D eigenvalue weighted by atomic mass is 9.94. The van der Waals surface area contributed by atoms with E-state index >= 15 is 0 Å². The molecule has 0 aromatic heterocycles. The second-order valence-electron chi connectivity index (χ2n) is 5.04. The van der Waals surface area contributed by atoms with Gasteiger partial charge in [0, 0.05) is 23.6 Å². The third-order valence-corrected chi connectivity index (χ3v) is 4.07. The summed E-state index contributed by atoms with van der Waals surface area (Å²) in [5.41, 5.74) is 5.57. The van der Waals surface area contributed by atoms with Gasteiger partial charge in [-0.2, -0.15) is 13.2 Å². The van der Waals surface area contributed by atoms with Crippen molar-refractivity contribution in [3.05, 3.63) is 28.2 Å². The Labute approximate surface area is 118 Å². The molecule has 1 fully saturated rings. The van der Waals surface area contributed by atoms with Crippen LogP contribution in [0.15, 0.2) is 22.7 Å². The number of piperidine rings is 1. The third-order valence-electron chi connectivity index (χ3n) is 3.58. The molecule has 1 aliphatic rings. The Balaban J connectivity index is 2.36. The lowest BCUT2D eigenvalue weighted by molar-refractivity contribution is -0.137. The molecule has 2 atom stereocenters. The van der Waals surface area contributed by atoms with E-state index in [0.29, 0.717) is 24.0 Å². The molecule has 1 aromatic carbocycles. The minimum absolute atomic E-state index is 0.0674. The molecule has 0 bridgehead atoms. The van der Waals surface area contributed by atoms with Gasteiger partial charge in [-0.05, 0) is 30.5 Å². The molecule has 1 saturated heterocycles. The van der Waals surface area contributed by atoms with Crippen LogP contribution >= 0.6 is 15.9 Å². The minimum Gasteiger partial charge on any atom is -0.371 e. The van der Waals surface area contributed by atoms with Gasteiger partial charge in [0.1, 0.15) is 0 Å². The van der Waals surface area contributed by atoms with Crippen LogP contribution < -0.4 is 10.6 Å². The Morgan fingerprint density at radius 3 is 2.63 bits per heavy atom. The summed E-state index contributed by atoms with van der Waals surface area (Å²) >= 11 is 3.24. The molecule has 0 saturated carbocycles. The lowest BCUT2D eigenvalue weighted by Crippen LogP contribution is -2.46. The average molecular weight is 337 g/mol. The smallest absolute Gasteiger partial charge is 0.371 e. The predicted molar refractivity (Wildman–Crippen MR) is 73.1 cm³/mol. The normalized spacial score (nSPS) is 24.6. The van der Waals surface area contributed by atoms with Gasteiger partial charge in [0.2, 0.25) is 0 Å². The Morgan fingerprint density at radius 2 is 2.05 bits per heavy atom. The number of halogens is 4. The molecule has 19 heavy (non-hydrogen) atoms. The standard InChI is InChI=1S/C13H16BrF3N2/c1-8-7-19(5-4-11(8)18)12-6-9(14)2-3-10(12)13(15,16)17/h2-3,6,8,11H,4-5,7,18H2,1H3. The van der Waals surface area contributed by atoms with E-state index in [9.17, 15) is 13.2 Å². The van der Waals surface area contributed by atoms with Crippen LogP contribution in [0.25, 0.3) is 0 Å². The molecule has 2 nitrogen and oxygen atoms in total. The molecule has 0 aliphatic carbocycles. The first kappa shape index (κ1) is 14.7. The number of rotatable bonds is 1. The number of hydrogen-bond acceptors (Lipinski definition) is 2. The Bertz CT molecular complexity index is 462. The molecule has 0 amide bonds. The second kappa shape index (κ2) is 5.32. The number of hydrogen-bond donors (Lipinski definition) is 1. The maximum atomic E-state index is 13.0. The SMILES string of the molecule is CC1CN(c2cc(Br)ccc2C(F)(F)F)CCC1N. The lowest BCUT2D eigenvalue weighted by Gasteiger charge is -2.37. The summed E-state index contributed by atoms with van der Waals surface area (Å²) in [5, 5.41) is 0. The van der Waals surface area contributed by atoms with Gasteiger partial charge >= 0.3 is 6.18 Å². The largest absolute Gasteiger partial charge is 0.418 e. The molecule has 106 valence electrons. The molecule has 1 aliphatic heterocycles. The Hall–Kier alpha value is -0.750. The fourth-order valence-electron chi connectivity index (χ4n) is 2.39. The van der Waals surface area contributed by atoms with E-state index in [0.717, 1.165) is 6.07 Å². The molecule has 1 aromatic rings. The zero-order chi connectivity index (χ0) is 14.2. The van der Waals surface area contributed by atoms with Gasteiger partial charge in [0.05, 0.1) is 11.3 Å². The van der Waals surface area contributed by atoms with Crippen molar-refractivity contribution < 1.29 is 13.2 Å². The van der Waals surface area contributed by atoms with Crippen molar-refractivity contribution >= 4 is 21.6 Å². The van der Waals surface area contributed by atoms with Crippen LogP contribution in [0.1, 0.15) is 18.9 Å². The summed E-state index contributed by atoms with van der Waals surface area (Å²) in [6.07, 6.45) is -3.62. The van der Waals surface area contributed by atoms with Gasteiger partial charge in [-0.3, -0.25) is 0 Å². The first-order chi connectivity index (χ1) is 8.79. The number of nitrogens with two attached hydrogens (primary N) is 1. The van der Waals surface area contributed by atoms with Crippen molar-refractivity contribution in [2.45, 2.75) is 25.6 Å². The van der Waals surface area contributed by atoms with Crippen LogP contribution in [0.3, 0.4) is 0 Å². The van der Waals surface area contributed by atoms with Crippen molar-refractivity contribution in [1.29, 1.82) is 0 Å². The van der Waals surface area contributed by atoms with E-state index < -0.39 is 11.7 Å². The van der Waals surface area contributed by atoms with Crippen LogP contribution in [0.4, 0.5) is 18.9 Å². The molecular formula is C13H16BrF3N2. The van der Waals surface area contributed by atoms with Gasteiger partial charge < -0.3 is 10.6 Å². The highest BCUT2D eigenvalue weighted by atomic mass is 79.9. The summed E-state index contributed by atoms with van der Waals surface area (Å²) < 4.78 is 39.8. The summed E-state index contributed by atoms with van der Waals surface area (Å²) in [5.74, 6) is 0.189. The zero-order valence-corrected chi connectivity index (χ0v) is 12.1. The summed E-state index contributed by atoms with van der Waals surface area (Å²) in [4.78, 5) is 1.78. The molecule has 2 unspecified atom stereocenters. The maximum Gasteiger partial charge on any atom is 0.418 e. The number of nitrogens with zero attached hydrogens (tertiary/aromatic N) is 1. The number of alkyl halides is 3. The highest BCUT2D eigenvalue weighted by molar-refractivity contribution is 9.10. The molecule has 1 heterocycles. The third kappa shape index (κ3) is 3.23. The second-order valence-corrected chi connectivity index (χ2v) is 5.95. The maximum absolute atomic E-state index is 13.0. The van der Waals surface area contributed by atoms with Crippen molar-refractivity contribution in [3.63, 3.8) is 0 Å². The van der Waals surface area contributed by atoms with Gasteiger partial charge in [0.15, 0.2) is 0 Å². The zero-order valence-electron chi connectivity index (χ0n) is 10.5. The van der Waals surface area contributed by atoms with E-state index in [2.05, 4.69) is 15.9 Å². The highest BCUT2D eigenvalue weighted by Crippen LogP contribution is 2.39.